The molecule has 0 N–H and O–H groups in total. The third kappa shape index (κ3) is 6.21. The highest BCUT2D eigenvalue weighted by Gasteiger charge is 2.36. The number of benzene rings is 9. The number of halogens is 1. The van der Waals surface area contributed by atoms with Gasteiger partial charge in [-0.05, 0) is 150 Å². The predicted octanol–water partition coefficient (Wildman–Crippen LogP) is 16.6. The zero-order chi connectivity index (χ0) is 42.2. The fourth-order valence-electron chi connectivity index (χ4n) is 10.1. The first-order chi connectivity index (χ1) is 30.1. The van der Waals surface area contributed by atoms with Gasteiger partial charge in [0.05, 0.1) is 0 Å². The van der Waals surface area contributed by atoms with Gasteiger partial charge in [-0.1, -0.05) is 173 Å². The molecule has 62 heavy (non-hydrogen) atoms. The average molecular weight is 800 g/mol. The summed E-state index contributed by atoms with van der Waals surface area (Å²) in [5.74, 6) is -0.226. The van der Waals surface area contributed by atoms with Gasteiger partial charge in [0, 0.05) is 27.9 Å². The second-order valence-corrected chi connectivity index (χ2v) is 17.9. The lowest BCUT2D eigenvalue weighted by molar-refractivity contribution is 0.628. The average Bonchev–Trinajstić information content (AvgIpc) is 3.69. The zero-order valence-electron chi connectivity index (χ0n) is 35.5. The molecule has 0 radical (unpaired) electrons. The van der Waals surface area contributed by atoms with E-state index < -0.39 is 0 Å². The smallest absolute Gasteiger partial charge is 0.123 e. The molecule has 0 aliphatic heterocycles. The van der Waals surface area contributed by atoms with Crippen molar-refractivity contribution in [3.8, 4) is 66.8 Å². The van der Waals surface area contributed by atoms with Gasteiger partial charge in [-0.25, -0.2) is 4.39 Å². The van der Waals surface area contributed by atoms with E-state index in [-0.39, 0.29) is 16.6 Å². The number of hydrogen-bond donors (Lipinski definition) is 0. The van der Waals surface area contributed by atoms with Gasteiger partial charge in [-0.15, -0.1) is 0 Å². The predicted molar refractivity (Wildman–Crippen MR) is 258 cm³/mol. The van der Waals surface area contributed by atoms with E-state index in [9.17, 15) is 4.39 Å². The summed E-state index contributed by atoms with van der Waals surface area (Å²) in [6, 6.07) is 73.6. The van der Waals surface area contributed by atoms with E-state index in [2.05, 4.69) is 215 Å². The van der Waals surface area contributed by atoms with Crippen LogP contribution in [0, 0.1) is 5.82 Å². The van der Waals surface area contributed by atoms with E-state index in [0.29, 0.717) is 0 Å². The summed E-state index contributed by atoms with van der Waals surface area (Å²) in [5, 5.41) is 0. The van der Waals surface area contributed by atoms with Crippen molar-refractivity contribution >= 4 is 17.1 Å². The minimum Gasteiger partial charge on any atom is -0.311 e. The van der Waals surface area contributed by atoms with Crippen molar-refractivity contribution in [2.75, 3.05) is 4.90 Å². The number of anilines is 3. The molecule has 0 bridgehead atoms. The molecule has 2 aliphatic carbocycles. The molecule has 2 heteroatoms. The molecule has 0 spiro atoms. The number of fused-ring (bicyclic) bond motifs is 6. The Balaban J connectivity index is 0.932. The SMILES string of the molecule is CC1(C)c2ccccc2-c2ccc(-c3ccc(N(c4ccc(-c5ccc(-c6ccc(F)cc6)cc5)cc4)c4ccc(-c5ccc6c(c5)C(C)(C)c5ccccc5-6)cc4)cc3)cc21. The van der Waals surface area contributed by atoms with Gasteiger partial charge in [0.25, 0.3) is 0 Å². The van der Waals surface area contributed by atoms with E-state index >= 15 is 0 Å². The molecule has 0 aromatic heterocycles. The minimum absolute atomic E-state index is 0.0529. The Morgan fingerprint density at radius 3 is 0.935 bits per heavy atom. The van der Waals surface area contributed by atoms with E-state index in [1.165, 1.54) is 78.9 Å². The highest BCUT2D eigenvalue weighted by molar-refractivity contribution is 5.87. The van der Waals surface area contributed by atoms with Crippen LogP contribution in [0.25, 0.3) is 66.8 Å². The fourth-order valence-corrected chi connectivity index (χ4v) is 10.1. The minimum atomic E-state index is -0.226. The van der Waals surface area contributed by atoms with E-state index in [1.807, 2.05) is 12.1 Å². The lowest BCUT2D eigenvalue weighted by Gasteiger charge is -2.26. The first kappa shape index (κ1) is 37.7. The lowest BCUT2D eigenvalue weighted by Crippen LogP contribution is -2.14. The van der Waals surface area contributed by atoms with E-state index in [4.69, 9.17) is 0 Å². The largest absolute Gasteiger partial charge is 0.311 e. The molecule has 0 atom stereocenters. The molecule has 0 fully saturated rings. The first-order valence-corrected chi connectivity index (χ1v) is 21.6. The van der Waals surface area contributed by atoms with Crippen LogP contribution in [0.2, 0.25) is 0 Å². The summed E-state index contributed by atoms with van der Waals surface area (Å²) >= 11 is 0. The van der Waals surface area contributed by atoms with Crippen molar-refractivity contribution in [2.24, 2.45) is 0 Å². The molecule has 11 rings (SSSR count). The highest BCUT2D eigenvalue weighted by Crippen LogP contribution is 2.51. The molecule has 0 saturated carbocycles. The molecule has 0 heterocycles. The molecule has 1 nitrogen and oxygen atoms in total. The molecule has 2 aliphatic rings. The van der Waals surface area contributed by atoms with E-state index in [0.717, 1.165) is 39.3 Å². The Kier molecular flexibility index (Phi) is 8.77. The van der Waals surface area contributed by atoms with Crippen molar-refractivity contribution in [2.45, 2.75) is 38.5 Å². The van der Waals surface area contributed by atoms with Crippen LogP contribution in [-0.4, -0.2) is 0 Å². The monoisotopic (exact) mass is 799 g/mol. The quantitative estimate of drug-likeness (QED) is 0.155. The van der Waals surface area contributed by atoms with Crippen LogP contribution in [-0.2, 0) is 10.8 Å². The summed E-state index contributed by atoms with van der Waals surface area (Å²) in [6.45, 7) is 9.36. The van der Waals surface area contributed by atoms with Crippen LogP contribution in [0.4, 0.5) is 21.5 Å². The molecule has 9 aromatic rings. The Bertz CT molecular complexity index is 2990. The van der Waals surface area contributed by atoms with Crippen molar-refractivity contribution < 1.29 is 4.39 Å². The summed E-state index contributed by atoms with van der Waals surface area (Å²) in [5.41, 5.74) is 23.2. The Hall–Kier alpha value is -7.29. The topological polar surface area (TPSA) is 3.24 Å². The molecule has 298 valence electrons. The van der Waals surface area contributed by atoms with Crippen LogP contribution < -0.4 is 4.90 Å². The Labute approximate surface area is 364 Å². The van der Waals surface area contributed by atoms with Crippen LogP contribution in [0.5, 0.6) is 0 Å². The van der Waals surface area contributed by atoms with Crippen molar-refractivity contribution in [3.63, 3.8) is 0 Å². The number of nitrogens with zero attached hydrogens (tertiary/aromatic N) is 1. The van der Waals surface area contributed by atoms with Crippen molar-refractivity contribution in [1.82, 2.24) is 0 Å². The molecule has 0 unspecified atom stereocenters. The maximum absolute atomic E-state index is 13.6. The standard InChI is InChI=1S/C60H46FN/c1-59(2)55-11-7-5-9-51(55)53-35-25-45(37-57(53)59)43-21-31-49(32-22-43)62(48-29-19-42(20-30-48)40-15-13-39(14-16-40)41-17-27-47(61)28-18-41)50-33-23-44(24-34-50)46-26-36-54-52-10-6-8-12-56(52)60(3,4)58(54)38-46/h5-38H,1-4H3. The van der Waals surface area contributed by atoms with Crippen LogP contribution in [0.1, 0.15) is 49.9 Å². The Morgan fingerprint density at radius 1 is 0.290 bits per heavy atom. The van der Waals surface area contributed by atoms with Crippen LogP contribution in [0.15, 0.2) is 206 Å². The second-order valence-electron chi connectivity index (χ2n) is 17.9. The number of hydrogen-bond acceptors (Lipinski definition) is 1. The van der Waals surface area contributed by atoms with Crippen molar-refractivity contribution in [3.05, 3.63) is 234 Å². The third-order valence-corrected chi connectivity index (χ3v) is 13.6. The summed E-state index contributed by atoms with van der Waals surface area (Å²) < 4.78 is 13.6. The summed E-state index contributed by atoms with van der Waals surface area (Å²) in [6.07, 6.45) is 0. The third-order valence-electron chi connectivity index (χ3n) is 13.6. The second kappa shape index (κ2) is 14.4. The number of rotatable bonds is 7. The molecular formula is C60H46FN. The zero-order valence-corrected chi connectivity index (χ0v) is 35.5. The van der Waals surface area contributed by atoms with Gasteiger partial charge in [-0.2, -0.15) is 0 Å². The maximum Gasteiger partial charge on any atom is 0.123 e. The summed E-state index contributed by atoms with van der Waals surface area (Å²) in [4.78, 5) is 2.35. The Morgan fingerprint density at radius 2 is 0.565 bits per heavy atom. The van der Waals surface area contributed by atoms with Crippen LogP contribution >= 0.6 is 0 Å². The van der Waals surface area contributed by atoms with Gasteiger partial charge >= 0.3 is 0 Å². The maximum atomic E-state index is 13.6. The van der Waals surface area contributed by atoms with Gasteiger partial charge in [0.15, 0.2) is 0 Å². The molecule has 0 saturated heterocycles. The molecular weight excluding hydrogens is 754 g/mol. The fraction of sp³-hybridized carbons (Fsp3) is 0.100. The van der Waals surface area contributed by atoms with Crippen LogP contribution in [0.3, 0.4) is 0 Å². The van der Waals surface area contributed by atoms with Crippen molar-refractivity contribution in [1.29, 1.82) is 0 Å². The summed E-state index contributed by atoms with van der Waals surface area (Å²) in [7, 11) is 0. The normalized spacial score (nSPS) is 13.8. The first-order valence-electron chi connectivity index (χ1n) is 21.6. The van der Waals surface area contributed by atoms with E-state index in [1.54, 1.807) is 0 Å². The van der Waals surface area contributed by atoms with Gasteiger partial charge < -0.3 is 4.90 Å². The van der Waals surface area contributed by atoms with Gasteiger partial charge in [0.2, 0.25) is 0 Å². The molecule has 9 aromatic carbocycles. The molecule has 0 amide bonds. The lowest BCUT2D eigenvalue weighted by atomic mass is 9.81. The van der Waals surface area contributed by atoms with Gasteiger partial charge in [-0.3, -0.25) is 0 Å². The van der Waals surface area contributed by atoms with Gasteiger partial charge in [0.1, 0.15) is 5.82 Å². The highest BCUT2D eigenvalue weighted by atomic mass is 19.1.